The minimum absolute atomic E-state index is 0.214. The van der Waals surface area contributed by atoms with E-state index in [-0.39, 0.29) is 5.41 Å². The van der Waals surface area contributed by atoms with Gasteiger partial charge in [-0.1, -0.05) is 62.2 Å². The summed E-state index contributed by atoms with van der Waals surface area (Å²) in [5.41, 5.74) is 3.34. The molecular weight excluding hydrogens is 254 g/mol. The smallest absolute Gasteiger partial charge is 0.0374 e. The third-order valence-electron chi connectivity index (χ3n) is 5.40. The molecule has 1 atom stereocenters. The second-order valence-corrected chi connectivity index (χ2v) is 6.33. The Morgan fingerprint density at radius 3 is 2.38 bits per heavy atom. The number of nitrogens with one attached hydrogen (secondary N) is 1. The first kappa shape index (κ1) is 16.3. The largest absolute Gasteiger partial charge is 0.313 e. The van der Waals surface area contributed by atoms with Gasteiger partial charge in [-0.3, -0.25) is 0 Å². The van der Waals surface area contributed by atoms with Gasteiger partial charge in [0.15, 0.2) is 0 Å². The monoisotopic (exact) mass is 285 g/mol. The van der Waals surface area contributed by atoms with E-state index in [1.807, 2.05) is 0 Å². The molecule has 0 spiro atoms. The van der Waals surface area contributed by atoms with Crippen molar-refractivity contribution in [2.24, 2.45) is 0 Å². The number of hydrogen-bond acceptors (Lipinski definition) is 1. The normalized spacial score (nSPS) is 18.0. The van der Waals surface area contributed by atoms with Crippen LogP contribution in [0, 0.1) is 0 Å². The van der Waals surface area contributed by atoms with E-state index in [1.54, 1.807) is 5.57 Å². The molecule has 1 aromatic carbocycles. The Kier molecular flexibility index (Phi) is 6.05. The van der Waals surface area contributed by atoms with Crippen molar-refractivity contribution in [2.75, 3.05) is 7.05 Å². The number of rotatable bonds is 6. The van der Waals surface area contributed by atoms with Gasteiger partial charge in [0.2, 0.25) is 0 Å². The molecule has 0 aromatic heterocycles. The van der Waals surface area contributed by atoms with E-state index < -0.39 is 0 Å². The average Bonchev–Trinajstić information content (AvgIpc) is 2.82. The van der Waals surface area contributed by atoms with E-state index in [4.69, 9.17) is 0 Å². The van der Waals surface area contributed by atoms with Crippen molar-refractivity contribution in [2.45, 2.75) is 70.3 Å². The SMILES string of the molecule is CCC(CC)(c1ccccc1)C(NC)C1=CCCCCC1. The van der Waals surface area contributed by atoms with E-state index in [0.717, 1.165) is 0 Å². The lowest BCUT2D eigenvalue weighted by molar-refractivity contribution is 0.307. The molecule has 0 amide bonds. The summed E-state index contributed by atoms with van der Waals surface area (Å²) in [4.78, 5) is 0. The van der Waals surface area contributed by atoms with Crippen molar-refractivity contribution in [3.8, 4) is 0 Å². The van der Waals surface area contributed by atoms with Gasteiger partial charge < -0.3 is 5.32 Å². The molecule has 0 saturated heterocycles. The zero-order valence-corrected chi connectivity index (χ0v) is 14.0. The van der Waals surface area contributed by atoms with Gasteiger partial charge in [-0.15, -0.1) is 0 Å². The molecule has 1 N–H and O–H groups in total. The van der Waals surface area contributed by atoms with Gasteiger partial charge >= 0.3 is 0 Å². The van der Waals surface area contributed by atoms with Gasteiger partial charge in [-0.05, 0) is 51.1 Å². The van der Waals surface area contributed by atoms with Gasteiger partial charge in [0.25, 0.3) is 0 Å². The first-order chi connectivity index (χ1) is 10.3. The van der Waals surface area contributed by atoms with E-state index in [2.05, 4.69) is 62.6 Å². The lowest BCUT2D eigenvalue weighted by Gasteiger charge is -2.42. The Bertz CT molecular complexity index is 442. The second-order valence-electron chi connectivity index (χ2n) is 6.33. The van der Waals surface area contributed by atoms with Crippen LogP contribution in [0.15, 0.2) is 42.0 Å². The summed E-state index contributed by atoms with van der Waals surface area (Å²) in [5, 5.41) is 3.67. The Balaban J connectivity index is 2.40. The number of likely N-dealkylation sites (N-methyl/N-ethyl adjacent to an activating group) is 1. The van der Waals surface area contributed by atoms with E-state index >= 15 is 0 Å². The molecule has 1 nitrogen and oxygen atoms in total. The molecule has 0 fully saturated rings. The van der Waals surface area contributed by atoms with Crippen molar-refractivity contribution in [1.29, 1.82) is 0 Å². The predicted octanol–water partition coefficient (Wildman–Crippen LogP) is 5.22. The fraction of sp³-hybridized carbons (Fsp3) is 0.600. The number of benzene rings is 1. The van der Waals surface area contributed by atoms with Crippen molar-refractivity contribution in [1.82, 2.24) is 5.32 Å². The van der Waals surface area contributed by atoms with Crippen molar-refractivity contribution in [3.05, 3.63) is 47.5 Å². The number of hydrogen-bond donors (Lipinski definition) is 1. The fourth-order valence-corrected chi connectivity index (χ4v) is 4.12. The molecule has 1 aliphatic carbocycles. The van der Waals surface area contributed by atoms with E-state index in [1.165, 1.54) is 50.5 Å². The molecule has 116 valence electrons. The molecule has 1 aromatic rings. The van der Waals surface area contributed by atoms with E-state index in [9.17, 15) is 0 Å². The molecule has 21 heavy (non-hydrogen) atoms. The molecular formula is C20H31N. The molecule has 0 radical (unpaired) electrons. The standard InChI is InChI=1S/C20H31N/c1-4-20(5-2,18-15-11-8-12-16-18)19(21-3)17-13-9-6-7-10-14-17/h8,11-13,15-16,19,21H,4-7,9-10,14H2,1-3H3. The minimum Gasteiger partial charge on any atom is -0.313 e. The topological polar surface area (TPSA) is 12.0 Å². The summed E-state index contributed by atoms with van der Waals surface area (Å²) in [6.45, 7) is 4.69. The lowest BCUT2D eigenvalue weighted by atomic mass is 9.67. The highest BCUT2D eigenvalue weighted by Gasteiger charge is 2.38. The van der Waals surface area contributed by atoms with Gasteiger partial charge in [-0.2, -0.15) is 0 Å². The Hall–Kier alpha value is -1.08. The molecule has 2 rings (SSSR count). The van der Waals surface area contributed by atoms with Crippen LogP contribution in [0.4, 0.5) is 0 Å². The summed E-state index contributed by atoms with van der Waals surface area (Å²) in [5.74, 6) is 0. The van der Waals surface area contributed by atoms with Crippen LogP contribution >= 0.6 is 0 Å². The van der Waals surface area contributed by atoms with Gasteiger partial charge in [0, 0.05) is 11.5 Å². The van der Waals surface area contributed by atoms with Crippen LogP contribution in [0.25, 0.3) is 0 Å². The molecule has 1 heteroatoms. The second kappa shape index (κ2) is 7.79. The fourth-order valence-electron chi connectivity index (χ4n) is 4.12. The highest BCUT2D eigenvalue weighted by atomic mass is 14.9. The molecule has 0 saturated carbocycles. The summed E-state index contributed by atoms with van der Waals surface area (Å²) >= 11 is 0. The first-order valence-electron chi connectivity index (χ1n) is 8.70. The maximum atomic E-state index is 3.67. The maximum absolute atomic E-state index is 3.67. The first-order valence-corrected chi connectivity index (χ1v) is 8.70. The summed E-state index contributed by atoms with van der Waals surface area (Å²) < 4.78 is 0. The predicted molar refractivity (Wildman–Crippen MR) is 92.7 cm³/mol. The number of allylic oxidation sites excluding steroid dienone is 1. The summed E-state index contributed by atoms with van der Waals surface area (Å²) in [6.07, 6.45) is 11.5. The summed E-state index contributed by atoms with van der Waals surface area (Å²) in [7, 11) is 2.14. The Labute approximate surface area is 130 Å². The minimum atomic E-state index is 0.214. The van der Waals surface area contributed by atoms with Crippen LogP contribution in [0.2, 0.25) is 0 Å². The highest BCUT2D eigenvalue weighted by Crippen LogP contribution is 2.39. The molecule has 0 aliphatic heterocycles. The van der Waals surface area contributed by atoms with Gasteiger partial charge in [-0.25, -0.2) is 0 Å². The van der Waals surface area contributed by atoms with Crippen molar-refractivity contribution in [3.63, 3.8) is 0 Å². The molecule has 0 heterocycles. The van der Waals surface area contributed by atoms with Crippen LogP contribution in [0.1, 0.15) is 64.4 Å². The van der Waals surface area contributed by atoms with Gasteiger partial charge in [0.05, 0.1) is 0 Å². The van der Waals surface area contributed by atoms with Crippen LogP contribution in [0.5, 0.6) is 0 Å². The molecule has 1 unspecified atom stereocenters. The molecule has 0 bridgehead atoms. The quantitative estimate of drug-likeness (QED) is 0.706. The Morgan fingerprint density at radius 2 is 1.76 bits per heavy atom. The zero-order valence-electron chi connectivity index (χ0n) is 14.0. The van der Waals surface area contributed by atoms with E-state index in [0.29, 0.717) is 6.04 Å². The van der Waals surface area contributed by atoms with Crippen LogP contribution in [-0.4, -0.2) is 13.1 Å². The van der Waals surface area contributed by atoms with Crippen LogP contribution in [0.3, 0.4) is 0 Å². The molecule has 1 aliphatic rings. The summed E-state index contributed by atoms with van der Waals surface area (Å²) in [6, 6.07) is 11.6. The maximum Gasteiger partial charge on any atom is 0.0374 e. The lowest BCUT2D eigenvalue weighted by Crippen LogP contribution is -2.48. The van der Waals surface area contributed by atoms with Crippen LogP contribution < -0.4 is 5.32 Å². The zero-order chi connectivity index (χ0) is 15.1. The van der Waals surface area contributed by atoms with Crippen LogP contribution in [-0.2, 0) is 5.41 Å². The third-order valence-corrected chi connectivity index (χ3v) is 5.40. The average molecular weight is 285 g/mol. The Morgan fingerprint density at radius 1 is 1.05 bits per heavy atom. The van der Waals surface area contributed by atoms with Crippen molar-refractivity contribution < 1.29 is 0 Å². The van der Waals surface area contributed by atoms with Gasteiger partial charge in [0.1, 0.15) is 0 Å². The third kappa shape index (κ3) is 3.40. The highest BCUT2D eigenvalue weighted by molar-refractivity contribution is 5.33. The van der Waals surface area contributed by atoms with Crippen molar-refractivity contribution >= 4 is 0 Å².